The lowest BCUT2D eigenvalue weighted by Crippen LogP contribution is -2.24. The number of rotatable bonds is 4. The fourth-order valence-electron chi connectivity index (χ4n) is 3.62. The minimum atomic E-state index is -0.378. The molecule has 1 N–H and O–H groups in total. The first-order valence-corrected chi connectivity index (χ1v) is 9.71. The van der Waals surface area contributed by atoms with Gasteiger partial charge in [-0.3, -0.25) is 9.59 Å². The van der Waals surface area contributed by atoms with Crippen LogP contribution in [0.4, 0.5) is 10.1 Å². The predicted octanol–water partition coefficient (Wildman–Crippen LogP) is 4.09. The Bertz CT molecular complexity index is 1470. The molecule has 0 atom stereocenters. The summed E-state index contributed by atoms with van der Waals surface area (Å²) in [6.45, 7) is 0.362. The van der Waals surface area contributed by atoms with Gasteiger partial charge in [0, 0.05) is 11.3 Å². The molecule has 0 saturated carbocycles. The SMILES string of the molecule is O=C(Nc1ccc(F)cc1)c1ccc2c(c1)n(Cc1ccccc1)c(=O)c1ccnn12. The van der Waals surface area contributed by atoms with Gasteiger partial charge in [0.2, 0.25) is 0 Å². The van der Waals surface area contributed by atoms with E-state index in [4.69, 9.17) is 0 Å². The summed E-state index contributed by atoms with van der Waals surface area (Å²) in [5.41, 5.74) is 3.42. The lowest BCUT2D eigenvalue weighted by atomic mass is 10.1. The molecule has 0 bridgehead atoms. The standard InChI is InChI=1S/C24H17FN4O2/c25-18-7-9-19(10-8-18)27-23(30)17-6-11-20-22(14-17)28(15-16-4-2-1-3-5-16)24(31)21-12-13-26-29(20)21/h1-14H,15H2,(H,27,30). The number of hydrogen-bond donors (Lipinski definition) is 1. The summed E-state index contributed by atoms with van der Waals surface area (Å²) in [6.07, 6.45) is 1.58. The zero-order valence-electron chi connectivity index (χ0n) is 16.3. The van der Waals surface area contributed by atoms with Crippen LogP contribution in [0.2, 0.25) is 0 Å². The number of carbonyl (C=O) groups is 1. The molecule has 0 fully saturated rings. The van der Waals surface area contributed by atoms with Gasteiger partial charge < -0.3 is 9.88 Å². The van der Waals surface area contributed by atoms with Crippen molar-refractivity contribution in [1.82, 2.24) is 14.2 Å². The molecule has 31 heavy (non-hydrogen) atoms. The molecule has 3 aromatic carbocycles. The fourth-order valence-corrected chi connectivity index (χ4v) is 3.62. The lowest BCUT2D eigenvalue weighted by molar-refractivity contribution is 0.102. The largest absolute Gasteiger partial charge is 0.322 e. The summed E-state index contributed by atoms with van der Waals surface area (Å²) in [5.74, 6) is -0.732. The number of fused-ring (bicyclic) bond motifs is 3. The van der Waals surface area contributed by atoms with Gasteiger partial charge in [0.1, 0.15) is 11.3 Å². The number of benzene rings is 3. The van der Waals surface area contributed by atoms with Gasteiger partial charge in [-0.15, -0.1) is 0 Å². The Morgan fingerprint density at radius 1 is 0.903 bits per heavy atom. The van der Waals surface area contributed by atoms with Crippen molar-refractivity contribution in [2.24, 2.45) is 0 Å². The van der Waals surface area contributed by atoms with Crippen molar-refractivity contribution in [2.45, 2.75) is 6.54 Å². The summed E-state index contributed by atoms with van der Waals surface area (Å²) in [7, 11) is 0. The molecule has 0 unspecified atom stereocenters. The third-order valence-corrected chi connectivity index (χ3v) is 5.15. The predicted molar refractivity (Wildman–Crippen MR) is 117 cm³/mol. The Morgan fingerprint density at radius 3 is 2.45 bits per heavy atom. The van der Waals surface area contributed by atoms with Crippen LogP contribution in [0.25, 0.3) is 16.6 Å². The first-order valence-electron chi connectivity index (χ1n) is 9.71. The molecule has 6 nitrogen and oxygen atoms in total. The van der Waals surface area contributed by atoms with Gasteiger partial charge in [-0.05, 0) is 54.1 Å². The van der Waals surface area contributed by atoms with Crippen LogP contribution in [0.3, 0.4) is 0 Å². The highest BCUT2D eigenvalue weighted by atomic mass is 19.1. The van der Waals surface area contributed by atoms with E-state index in [9.17, 15) is 14.0 Å². The quantitative estimate of drug-likeness (QED) is 0.484. The summed E-state index contributed by atoms with van der Waals surface area (Å²) < 4.78 is 16.4. The molecule has 152 valence electrons. The maximum absolute atomic E-state index is 13.2. The van der Waals surface area contributed by atoms with Crippen LogP contribution in [0.5, 0.6) is 0 Å². The summed E-state index contributed by atoms with van der Waals surface area (Å²) in [5, 5.41) is 7.02. The number of aromatic nitrogens is 3. The Labute approximate surface area is 176 Å². The summed E-state index contributed by atoms with van der Waals surface area (Å²) in [4.78, 5) is 26.0. The topological polar surface area (TPSA) is 68.4 Å². The average Bonchev–Trinajstić information content (AvgIpc) is 3.29. The molecular formula is C24H17FN4O2. The van der Waals surface area contributed by atoms with Crippen molar-refractivity contribution in [1.29, 1.82) is 0 Å². The van der Waals surface area contributed by atoms with Crippen LogP contribution in [0.1, 0.15) is 15.9 Å². The minimum Gasteiger partial charge on any atom is -0.322 e. The summed E-state index contributed by atoms with van der Waals surface area (Å²) >= 11 is 0. The van der Waals surface area contributed by atoms with E-state index in [1.807, 2.05) is 30.3 Å². The monoisotopic (exact) mass is 412 g/mol. The van der Waals surface area contributed by atoms with Crippen LogP contribution >= 0.6 is 0 Å². The fraction of sp³-hybridized carbons (Fsp3) is 0.0417. The number of nitrogens with zero attached hydrogens (tertiary/aromatic N) is 3. The second kappa shape index (κ2) is 7.53. The molecule has 2 heterocycles. The van der Waals surface area contributed by atoms with E-state index < -0.39 is 0 Å². The molecule has 0 spiro atoms. The van der Waals surface area contributed by atoms with Crippen molar-refractivity contribution in [3.63, 3.8) is 0 Å². The van der Waals surface area contributed by atoms with E-state index in [1.165, 1.54) is 24.3 Å². The number of anilines is 1. The highest BCUT2D eigenvalue weighted by Crippen LogP contribution is 2.19. The van der Waals surface area contributed by atoms with Crippen LogP contribution in [0.15, 0.2) is 89.9 Å². The highest BCUT2D eigenvalue weighted by molar-refractivity contribution is 6.06. The Balaban J connectivity index is 1.63. The first kappa shape index (κ1) is 18.7. The molecule has 7 heteroatoms. The van der Waals surface area contributed by atoms with E-state index >= 15 is 0 Å². The van der Waals surface area contributed by atoms with Crippen molar-refractivity contribution >= 4 is 28.1 Å². The zero-order chi connectivity index (χ0) is 21.4. The third-order valence-electron chi connectivity index (χ3n) is 5.15. The number of hydrogen-bond acceptors (Lipinski definition) is 3. The van der Waals surface area contributed by atoms with Gasteiger partial charge in [0.05, 0.1) is 23.8 Å². The molecular weight excluding hydrogens is 395 g/mol. The van der Waals surface area contributed by atoms with E-state index in [0.717, 1.165) is 5.56 Å². The minimum absolute atomic E-state index is 0.190. The number of amides is 1. The molecule has 1 amide bonds. The molecule has 0 aliphatic heterocycles. The molecule has 5 rings (SSSR count). The smallest absolute Gasteiger partial charge is 0.277 e. The normalized spacial score (nSPS) is 11.1. The number of carbonyl (C=O) groups excluding carboxylic acids is 1. The molecule has 0 saturated heterocycles. The second-order valence-corrected chi connectivity index (χ2v) is 7.17. The second-order valence-electron chi connectivity index (χ2n) is 7.17. The molecule has 0 aliphatic carbocycles. The van der Waals surface area contributed by atoms with Crippen LogP contribution in [-0.4, -0.2) is 20.1 Å². The van der Waals surface area contributed by atoms with E-state index in [0.29, 0.717) is 34.3 Å². The van der Waals surface area contributed by atoms with Crippen molar-refractivity contribution in [3.05, 3.63) is 112 Å². The average molecular weight is 412 g/mol. The van der Waals surface area contributed by atoms with Crippen molar-refractivity contribution < 1.29 is 9.18 Å². The Hall–Kier alpha value is -4.26. The maximum atomic E-state index is 13.2. The van der Waals surface area contributed by atoms with Gasteiger partial charge in [-0.25, -0.2) is 8.91 Å². The van der Waals surface area contributed by atoms with Crippen LogP contribution in [-0.2, 0) is 6.54 Å². The Kier molecular flexibility index (Phi) is 4.55. The van der Waals surface area contributed by atoms with E-state index in [2.05, 4.69) is 10.4 Å². The molecule has 2 aromatic heterocycles. The van der Waals surface area contributed by atoms with Crippen LogP contribution in [0, 0.1) is 5.82 Å². The maximum Gasteiger partial charge on any atom is 0.277 e. The van der Waals surface area contributed by atoms with E-state index in [1.54, 1.807) is 39.5 Å². The van der Waals surface area contributed by atoms with Gasteiger partial charge in [-0.1, -0.05) is 30.3 Å². The lowest BCUT2D eigenvalue weighted by Gasteiger charge is -2.13. The molecule has 5 aromatic rings. The van der Waals surface area contributed by atoms with Crippen molar-refractivity contribution in [3.8, 4) is 0 Å². The zero-order valence-corrected chi connectivity index (χ0v) is 16.3. The van der Waals surface area contributed by atoms with Crippen LogP contribution < -0.4 is 10.9 Å². The third kappa shape index (κ3) is 3.46. The van der Waals surface area contributed by atoms with Crippen molar-refractivity contribution in [2.75, 3.05) is 5.32 Å². The Morgan fingerprint density at radius 2 is 1.68 bits per heavy atom. The summed E-state index contributed by atoms with van der Waals surface area (Å²) in [6, 6.07) is 22.0. The molecule has 0 radical (unpaired) electrons. The van der Waals surface area contributed by atoms with Gasteiger partial charge in [0.15, 0.2) is 0 Å². The van der Waals surface area contributed by atoms with Gasteiger partial charge >= 0.3 is 0 Å². The van der Waals surface area contributed by atoms with Gasteiger partial charge in [0.25, 0.3) is 11.5 Å². The van der Waals surface area contributed by atoms with E-state index in [-0.39, 0.29) is 17.3 Å². The first-order chi connectivity index (χ1) is 15.1. The number of nitrogens with one attached hydrogen (secondary N) is 1. The highest BCUT2D eigenvalue weighted by Gasteiger charge is 2.15. The number of halogens is 1. The molecule has 0 aliphatic rings. The van der Waals surface area contributed by atoms with Gasteiger partial charge in [-0.2, -0.15) is 5.10 Å².